The number of rotatable bonds is 7. The first-order valence-corrected chi connectivity index (χ1v) is 7.26. The summed E-state index contributed by atoms with van der Waals surface area (Å²) >= 11 is 7.78. The van der Waals surface area contributed by atoms with Crippen LogP contribution in [-0.4, -0.2) is 40.6 Å². The summed E-state index contributed by atoms with van der Waals surface area (Å²) in [6, 6.07) is 0. The van der Waals surface area contributed by atoms with Crippen molar-refractivity contribution in [3.05, 3.63) is 16.9 Å². The second-order valence-corrected chi connectivity index (χ2v) is 5.29. The molecule has 1 aromatic heterocycles. The number of aliphatic hydroxyl groups excluding tert-OH is 1. The summed E-state index contributed by atoms with van der Waals surface area (Å²) in [4.78, 5) is 0. The summed E-state index contributed by atoms with van der Waals surface area (Å²) in [5.74, 6) is 1.02. The lowest BCUT2D eigenvalue weighted by atomic mass is 10.0. The van der Waals surface area contributed by atoms with Gasteiger partial charge in [-0.15, -0.1) is 0 Å². The third-order valence-electron chi connectivity index (χ3n) is 2.59. The van der Waals surface area contributed by atoms with Crippen LogP contribution >= 0.6 is 23.4 Å². The number of hydrogen-bond acceptors (Lipinski definition) is 4. The monoisotopic (exact) mass is 278 g/mol. The van der Waals surface area contributed by atoms with Gasteiger partial charge in [0.2, 0.25) is 0 Å². The van der Waals surface area contributed by atoms with Gasteiger partial charge in [0, 0.05) is 7.11 Å². The van der Waals surface area contributed by atoms with Crippen LogP contribution in [0.15, 0.2) is 6.20 Å². The Hall–Kier alpha value is -0.230. The van der Waals surface area contributed by atoms with Gasteiger partial charge in [-0.2, -0.15) is 16.9 Å². The van der Waals surface area contributed by atoms with Gasteiger partial charge in [-0.3, -0.25) is 4.68 Å². The van der Waals surface area contributed by atoms with Gasteiger partial charge in [0.05, 0.1) is 30.1 Å². The molecule has 0 spiro atoms. The zero-order valence-electron chi connectivity index (χ0n) is 10.4. The second kappa shape index (κ2) is 7.26. The van der Waals surface area contributed by atoms with E-state index in [2.05, 4.69) is 5.10 Å². The number of thioether (sulfide) groups is 1. The zero-order chi connectivity index (χ0) is 12.8. The van der Waals surface area contributed by atoms with Gasteiger partial charge in [0.1, 0.15) is 6.10 Å². The van der Waals surface area contributed by atoms with Gasteiger partial charge < -0.3 is 9.84 Å². The van der Waals surface area contributed by atoms with E-state index in [9.17, 15) is 5.11 Å². The highest BCUT2D eigenvalue weighted by Gasteiger charge is 2.23. The van der Waals surface area contributed by atoms with Crippen LogP contribution in [0.1, 0.15) is 18.7 Å². The third-order valence-corrected chi connectivity index (χ3v) is 3.74. The van der Waals surface area contributed by atoms with Crippen molar-refractivity contribution >= 4 is 23.4 Å². The Morgan fingerprint density at radius 2 is 2.35 bits per heavy atom. The fraction of sp³-hybridized carbons (Fsp3) is 0.727. The fourth-order valence-corrected chi connectivity index (χ4v) is 2.61. The van der Waals surface area contributed by atoms with E-state index in [1.54, 1.807) is 29.8 Å². The van der Waals surface area contributed by atoms with Gasteiger partial charge in [0.25, 0.3) is 0 Å². The Morgan fingerprint density at radius 3 is 2.94 bits per heavy atom. The predicted octanol–water partition coefficient (Wildman–Crippen LogP) is 2.22. The van der Waals surface area contributed by atoms with E-state index >= 15 is 0 Å². The Bertz CT molecular complexity index is 346. The second-order valence-electron chi connectivity index (χ2n) is 3.97. The smallest absolute Gasteiger partial charge is 0.100 e. The number of hydrogen-bond donors (Lipinski definition) is 1. The Morgan fingerprint density at radius 1 is 1.65 bits per heavy atom. The van der Waals surface area contributed by atoms with Gasteiger partial charge in [-0.25, -0.2) is 0 Å². The quantitative estimate of drug-likeness (QED) is 0.831. The first kappa shape index (κ1) is 14.8. The SMILES string of the molecule is COCCn1ncc(Cl)c1C(O)C(C)CSC. The number of aromatic nitrogens is 2. The van der Waals surface area contributed by atoms with Crippen molar-refractivity contribution < 1.29 is 9.84 Å². The molecule has 1 rings (SSSR count). The summed E-state index contributed by atoms with van der Waals surface area (Å²) < 4.78 is 6.72. The Labute approximate surface area is 111 Å². The average molecular weight is 279 g/mol. The number of aliphatic hydroxyl groups is 1. The number of nitrogens with zero attached hydrogens (tertiary/aromatic N) is 2. The molecule has 1 N–H and O–H groups in total. The van der Waals surface area contributed by atoms with Crippen LogP contribution in [0, 0.1) is 5.92 Å². The van der Waals surface area contributed by atoms with Crippen LogP contribution in [0.2, 0.25) is 5.02 Å². The van der Waals surface area contributed by atoms with Crippen LogP contribution in [0.3, 0.4) is 0 Å². The molecule has 98 valence electrons. The molecule has 0 saturated carbocycles. The van der Waals surface area contributed by atoms with Gasteiger partial charge in [-0.1, -0.05) is 18.5 Å². The number of methoxy groups -OCH3 is 1. The summed E-state index contributed by atoms with van der Waals surface area (Å²) in [5, 5.41) is 14.9. The van der Waals surface area contributed by atoms with Gasteiger partial charge in [-0.05, 0) is 17.9 Å². The topological polar surface area (TPSA) is 47.3 Å². The minimum Gasteiger partial charge on any atom is -0.386 e. The Balaban J connectivity index is 2.83. The molecule has 1 heterocycles. The van der Waals surface area contributed by atoms with Crippen molar-refractivity contribution in [1.29, 1.82) is 0 Å². The molecule has 2 atom stereocenters. The van der Waals surface area contributed by atoms with Gasteiger partial charge in [0.15, 0.2) is 0 Å². The Kier molecular flexibility index (Phi) is 6.33. The zero-order valence-corrected chi connectivity index (χ0v) is 12.0. The largest absolute Gasteiger partial charge is 0.386 e. The molecule has 2 unspecified atom stereocenters. The summed E-state index contributed by atoms with van der Waals surface area (Å²) in [7, 11) is 1.64. The first-order chi connectivity index (χ1) is 8.11. The van der Waals surface area contributed by atoms with E-state index in [0.717, 1.165) is 5.75 Å². The standard InChI is InChI=1S/C11H19ClN2O2S/c1-8(7-17-3)11(15)10-9(12)6-13-14(10)4-5-16-2/h6,8,11,15H,4-5,7H2,1-3H3. The maximum atomic E-state index is 10.3. The molecule has 0 fully saturated rings. The molecule has 17 heavy (non-hydrogen) atoms. The van der Waals surface area contributed by atoms with E-state index in [0.29, 0.717) is 23.9 Å². The molecule has 4 nitrogen and oxygen atoms in total. The molecular weight excluding hydrogens is 260 g/mol. The van der Waals surface area contributed by atoms with Gasteiger partial charge >= 0.3 is 0 Å². The van der Waals surface area contributed by atoms with Crippen LogP contribution in [-0.2, 0) is 11.3 Å². The van der Waals surface area contributed by atoms with Crippen LogP contribution in [0.5, 0.6) is 0 Å². The highest BCUT2D eigenvalue weighted by atomic mass is 35.5. The minimum absolute atomic E-state index is 0.139. The van der Waals surface area contributed by atoms with Crippen molar-refractivity contribution in [2.45, 2.75) is 19.6 Å². The van der Waals surface area contributed by atoms with E-state index in [1.165, 1.54) is 0 Å². The molecular formula is C11H19ClN2O2S. The lowest BCUT2D eigenvalue weighted by molar-refractivity contribution is 0.114. The molecule has 0 aliphatic rings. The molecule has 0 aromatic carbocycles. The highest BCUT2D eigenvalue weighted by molar-refractivity contribution is 7.98. The molecule has 0 aliphatic heterocycles. The molecule has 0 aliphatic carbocycles. The van der Waals surface area contributed by atoms with E-state index in [-0.39, 0.29) is 5.92 Å². The van der Waals surface area contributed by atoms with Crippen molar-refractivity contribution in [2.75, 3.05) is 25.7 Å². The molecule has 0 bridgehead atoms. The molecule has 0 saturated heterocycles. The van der Waals surface area contributed by atoms with Crippen molar-refractivity contribution in [3.8, 4) is 0 Å². The first-order valence-electron chi connectivity index (χ1n) is 5.49. The molecule has 6 heteroatoms. The van der Waals surface area contributed by atoms with Crippen molar-refractivity contribution in [2.24, 2.45) is 5.92 Å². The van der Waals surface area contributed by atoms with Crippen LogP contribution in [0.25, 0.3) is 0 Å². The minimum atomic E-state index is -0.589. The predicted molar refractivity (Wildman–Crippen MR) is 71.6 cm³/mol. The lowest BCUT2D eigenvalue weighted by Crippen LogP contribution is -2.18. The maximum Gasteiger partial charge on any atom is 0.100 e. The summed E-state index contributed by atoms with van der Waals surface area (Å²) in [6.07, 6.45) is 3.00. The van der Waals surface area contributed by atoms with E-state index < -0.39 is 6.10 Å². The van der Waals surface area contributed by atoms with Crippen molar-refractivity contribution in [3.63, 3.8) is 0 Å². The number of ether oxygens (including phenoxy) is 1. The normalized spacial score (nSPS) is 14.9. The number of halogens is 1. The molecule has 0 radical (unpaired) electrons. The van der Waals surface area contributed by atoms with Crippen LogP contribution < -0.4 is 0 Å². The van der Waals surface area contributed by atoms with E-state index in [1.807, 2.05) is 13.2 Å². The van der Waals surface area contributed by atoms with Crippen molar-refractivity contribution in [1.82, 2.24) is 9.78 Å². The fourth-order valence-electron chi connectivity index (χ4n) is 1.65. The lowest BCUT2D eigenvalue weighted by Gasteiger charge is -2.19. The van der Waals surface area contributed by atoms with Crippen LogP contribution in [0.4, 0.5) is 0 Å². The molecule has 0 amide bonds. The summed E-state index contributed by atoms with van der Waals surface area (Å²) in [5.41, 5.74) is 0.685. The van der Waals surface area contributed by atoms with E-state index in [4.69, 9.17) is 16.3 Å². The summed E-state index contributed by atoms with van der Waals surface area (Å²) in [6.45, 7) is 3.15. The maximum absolute atomic E-state index is 10.3. The highest BCUT2D eigenvalue weighted by Crippen LogP contribution is 2.29. The third kappa shape index (κ3) is 3.88. The molecule has 1 aromatic rings. The average Bonchev–Trinajstić information content (AvgIpc) is 2.67.